The first-order chi connectivity index (χ1) is 13.2. The van der Waals surface area contributed by atoms with Gasteiger partial charge in [0.15, 0.2) is 21.2 Å². The van der Waals surface area contributed by atoms with Crippen LogP contribution < -0.4 is 9.47 Å². The number of rotatable bonds is 1. The average molecular weight is 418 g/mol. The number of aryl methyl sites for hydroxylation is 1. The Kier molecular flexibility index (Phi) is 3.41. The lowest BCUT2D eigenvalue weighted by Gasteiger charge is -2.57. The largest absolute Gasteiger partial charge is 0.454 e. The molecule has 6 rings (SSSR count). The number of carbonyl (C=O) groups is 2. The third-order valence-corrected chi connectivity index (χ3v) is 10.0. The second-order valence-electron chi connectivity index (χ2n) is 8.09. The van der Waals surface area contributed by atoms with Crippen LogP contribution in [0.15, 0.2) is 12.1 Å². The van der Waals surface area contributed by atoms with Crippen molar-refractivity contribution in [1.82, 2.24) is 9.80 Å². The second kappa shape index (κ2) is 5.30. The molecule has 4 saturated heterocycles. The zero-order valence-corrected chi connectivity index (χ0v) is 17.6. The SMILES string of the molecule is [C-]#[N+][C@@]1(C)C[C@@]23SS[C@@](C)(C(=O)N2[C@H]1c1cc(C)c2c(c1)OCO2)N(C)C3=O. The maximum atomic E-state index is 13.6. The van der Waals surface area contributed by atoms with Crippen LogP contribution in [0.5, 0.6) is 11.5 Å². The minimum absolute atomic E-state index is 0.104. The van der Waals surface area contributed by atoms with E-state index in [0.717, 1.165) is 11.1 Å². The highest BCUT2D eigenvalue weighted by molar-refractivity contribution is 8.78. The molecule has 0 aliphatic carbocycles. The van der Waals surface area contributed by atoms with Gasteiger partial charge in [0.2, 0.25) is 6.79 Å². The van der Waals surface area contributed by atoms with Gasteiger partial charge in [0.1, 0.15) is 6.04 Å². The molecule has 1 aromatic carbocycles. The summed E-state index contributed by atoms with van der Waals surface area (Å²) in [5.74, 6) is 1.09. The minimum atomic E-state index is -1.05. The quantitative estimate of drug-likeness (QED) is 0.517. The lowest BCUT2D eigenvalue weighted by Crippen LogP contribution is -2.73. The molecule has 4 fully saturated rings. The van der Waals surface area contributed by atoms with Gasteiger partial charge < -0.3 is 24.1 Å². The molecule has 5 aliphatic heterocycles. The molecular formula is C19H19N3O4S2. The van der Waals surface area contributed by atoms with Crippen LogP contribution in [-0.4, -0.2) is 50.7 Å². The molecule has 2 bridgehead atoms. The summed E-state index contributed by atoms with van der Waals surface area (Å²) < 4.78 is 11.1. The highest BCUT2D eigenvalue weighted by Crippen LogP contribution is 2.68. The third-order valence-electron chi connectivity index (χ3n) is 6.32. The van der Waals surface area contributed by atoms with Gasteiger partial charge in [-0.3, -0.25) is 9.59 Å². The van der Waals surface area contributed by atoms with Gasteiger partial charge in [0.05, 0.1) is 6.42 Å². The number of nitrogens with zero attached hydrogens (tertiary/aromatic N) is 3. The molecule has 28 heavy (non-hydrogen) atoms. The van der Waals surface area contributed by atoms with Gasteiger partial charge in [-0.25, -0.2) is 6.57 Å². The zero-order valence-electron chi connectivity index (χ0n) is 15.9. The third kappa shape index (κ3) is 1.88. The highest BCUT2D eigenvalue weighted by atomic mass is 33.1. The Balaban J connectivity index is 1.73. The van der Waals surface area contributed by atoms with Crippen LogP contribution >= 0.6 is 21.6 Å². The van der Waals surface area contributed by atoms with Crippen molar-refractivity contribution in [2.75, 3.05) is 13.8 Å². The predicted molar refractivity (Wildman–Crippen MR) is 106 cm³/mol. The molecule has 2 amide bonds. The van der Waals surface area contributed by atoms with Crippen molar-refractivity contribution in [2.24, 2.45) is 0 Å². The van der Waals surface area contributed by atoms with Crippen LogP contribution in [0.1, 0.15) is 37.4 Å². The molecule has 4 atom stereocenters. The summed E-state index contributed by atoms with van der Waals surface area (Å²) in [4.78, 5) is 32.1. The van der Waals surface area contributed by atoms with E-state index in [1.54, 1.807) is 23.8 Å². The number of amides is 2. The van der Waals surface area contributed by atoms with E-state index >= 15 is 0 Å². The van der Waals surface area contributed by atoms with Gasteiger partial charge >= 0.3 is 0 Å². The van der Waals surface area contributed by atoms with Crippen molar-refractivity contribution >= 4 is 33.4 Å². The first kappa shape index (κ1) is 18.0. The van der Waals surface area contributed by atoms with E-state index in [1.807, 2.05) is 26.0 Å². The number of benzene rings is 1. The molecule has 5 aliphatic rings. The Labute approximate surface area is 170 Å². The van der Waals surface area contributed by atoms with Crippen LogP contribution in [0.4, 0.5) is 0 Å². The van der Waals surface area contributed by atoms with Crippen molar-refractivity contribution in [3.63, 3.8) is 0 Å². The second-order valence-corrected chi connectivity index (χ2v) is 10.9. The standard InChI is InChI=1S/C19H19N3O4S2/c1-10-6-11(7-12-13(10)26-9-25-12)14-17(2,20-4)8-19-16(24)21(5)18(3,27-28-19)15(23)22(14)19/h6-7,14H,8-9H2,1-3,5H3/t14-,17-,18-,19-/m0/s1. The number of fused-ring (bicyclic) bond motifs is 3. The predicted octanol–water partition coefficient (Wildman–Crippen LogP) is 2.95. The highest BCUT2D eigenvalue weighted by Gasteiger charge is 2.77. The Morgan fingerprint density at radius 2 is 1.96 bits per heavy atom. The van der Waals surface area contributed by atoms with E-state index in [4.69, 9.17) is 16.0 Å². The minimum Gasteiger partial charge on any atom is -0.454 e. The first-order valence-corrected chi connectivity index (χ1v) is 11.1. The van der Waals surface area contributed by atoms with Gasteiger partial charge in [-0.1, -0.05) is 21.6 Å². The van der Waals surface area contributed by atoms with E-state index in [0.29, 0.717) is 17.9 Å². The number of ether oxygens (including phenoxy) is 2. The molecule has 0 aromatic heterocycles. The fourth-order valence-electron chi connectivity index (χ4n) is 4.76. The number of hydrogen-bond acceptors (Lipinski definition) is 6. The van der Waals surface area contributed by atoms with Crippen LogP contribution in [0.3, 0.4) is 0 Å². The molecule has 0 N–H and O–H groups in total. The lowest BCUT2D eigenvalue weighted by atomic mass is 9.86. The number of carbonyl (C=O) groups excluding carboxylic acids is 2. The number of piperazine rings is 1. The number of hydrogen-bond donors (Lipinski definition) is 0. The van der Waals surface area contributed by atoms with Gasteiger partial charge in [-0.15, -0.1) is 0 Å². The summed E-state index contributed by atoms with van der Waals surface area (Å²) >= 11 is 0. The van der Waals surface area contributed by atoms with E-state index in [2.05, 4.69) is 4.85 Å². The van der Waals surface area contributed by atoms with Gasteiger partial charge in [0, 0.05) is 14.0 Å². The van der Waals surface area contributed by atoms with Crippen LogP contribution in [0, 0.1) is 13.5 Å². The molecule has 0 radical (unpaired) electrons. The lowest BCUT2D eigenvalue weighted by molar-refractivity contribution is -0.164. The fraction of sp³-hybridized carbons (Fsp3) is 0.526. The van der Waals surface area contributed by atoms with E-state index < -0.39 is 21.3 Å². The van der Waals surface area contributed by atoms with Gasteiger partial charge in [-0.05, 0) is 37.1 Å². The molecule has 0 saturated carbocycles. The van der Waals surface area contributed by atoms with Crippen molar-refractivity contribution in [3.05, 3.63) is 34.7 Å². The molecule has 1 spiro atoms. The van der Waals surface area contributed by atoms with Crippen molar-refractivity contribution in [1.29, 1.82) is 0 Å². The summed E-state index contributed by atoms with van der Waals surface area (Å²) in [6, 6.07) is 3.27. The van der Waals surface area contributed by atoms with E-state index in [1.165, 1.54) is 21.6 Å². The molecular weight excluding hydrogens is 398 g/mol. The van der Waals surface area contributed by atoms with E-state index in [-0.39, 0.29) is 18.6 Å². The van der Waals surface area contributed by atoms with E-state index in [9.17, 15) is 9.59 Å². The molecule has 7 nitrogen and oxygen atoms in total. The average Bonchev–Trinajstić information content (AvgIpc) is 3.24. The molecule has 9 heteroatoms. The summed E-state index contributed by atoms with van der Waals surface area (Å²) in [7, 11) is 4.52. The zero-order chi connectivity index (χ0) is 20.1. The van der Waals surface area contributed by atoms with Crippen LogP contribution in [0.2, 0.25) is 0 Å². The van der Waals surface area contributed by atoms with Crippen molar-refractivity contribution < 1.29 is 19.1 Å². The van der Waals surface area contributed by atoms with Crippen molar-refractivity contribution in [3.8, 4) is 11.5 Å². The first-order valence-electron chi connectivity index (χ1n) is 8.95. The normalized spacial score (nSPS) is 38.0. The fourth-order valence-corrected chi connectivity index (χ4v) is 8.34. The summed E-state index contributed by atoms with van der Waals surface area (Å²) in [6.07, 6.45) is 0.296. The Morgan fingerprint density at radius 1 is 1.21 bits per heavy atom. The van der Waals surface area contributed by atoms with Gasteiger partial charge in [-0.2, -0.15) is 0 Å². The Bertz CT molecular complexity index is 994. The molecule has 0 unspecified atom stereocenters. The Morgan fingerprint density at radius 3 is 2.68 bits per heavy atom. The smallest absolute Gasteiger partial charge is 0.262 e. The monoisotopic (exact) mass is 417 g/mol. The number of likely N-dealkylation sites (N-methyl/N-ethyl adjacent to an activating group) is 1. The maximum Gasteiger partial charge on any atom is 0.262 e. The topological polar surface area (TPSA) is 63.4 Å². The summed E-state index contributed by atoms with van der Waals surface area (Å²) in [5, 5.41) is 0. The van der Waals surface area contributed by atoms with Crippen LogP contribution in [-0.2, 0) is 9.59 Å². The summed E-state index contributed by atoms with van der Waals surface area (Å²) in [5.41, 5.74) is 0.780. The molecule has 5 heterocycles. The summed E-state index contributed by atoms with van der Waals surface area (Å²) in [6.45, 7) is 13.6. The molecule has 1 aromatic rings. The van der Waals surface area contributed by atoms with Crippen LogP contribution in [0.25, 0.3) is 4.85 Å². The van der Waals surface area contributed by atoms with Gasteiger partial charge in [0.25, 0.3) is 17.4 Å². The molecule has 146 valence electrons. The Hall–Kier alpha value is -2.05. The van der Waals surface area contributed by atoms with Crippen molar-refractivity contribution in [2.45, 2.75) is 48.5 Å². The maximum absolute atomic E-state index is 13.6.